The Labute approximate surface area is 112 Å². The molecule has 0 radical (unpaired) electrons. The van der Waals surface area contributed by atoms with Crippen molar-refractivity contribution >= 4 is 23.3 Å². The molecule has 100 valence electrons. The van der Waals surface area contributed by atoms with E-state index in [2.05, 4.69) is 34.4 Å². The quantitative estimate of drug-likeness (QED) is 0.784. The molecule has 7 heteroatoms. The predicted molar refractivity (Wildman–Crippen MR) is 74.2 cm³/mol. The first kappa shape index (κ1) is 14.4. The second-order valence-corrected chi connectivity index (χ2v) is 4.41. The summed E-state index contributed by atoms with van der Waals surface area (Å²) < 4.78 is 10.1. The lowest BCUT2D eigenvalue weighted by Gasteiger charge is -2.12. The van der Waals surface area contributed by atoms with Crippen molar-refractivity contribution in [2.24, 2.45) is 5.92 Å². The maximum Gasteiger partial charge on any atom is 0.235 e. The van der Waals surface area contributed by atoms with E-state index in [1.54, 1.807) is 6.07 Å². The maximum absolute atomic E-state index is 5.13. The molecule has 0 aliphatic rings. The van der Waals surface area contributed by atoms with Crippen LogP contribution in [0.2, 0.25) is 0 Å². The van der Waals surface area contributed by atoms with Gasteiger partial charge in [-0.25, -0.2) is 0 Å². The smallest absolute Gasteiger partial charge is 0.235 e. The molecular formula is C11H18N4O2S. The van der Waals surface area contributed by atoms with Crippen molar-refractivity contribution in [3.05, 3.63) is 6.07 Å². The zero-order valence-electron chi connectivity index (χ0n) is 11.0. The van der Waals surface area contributed by atoms with Gasteiger partial charge in [0.2, 0.25) is 17.7 Å². The van der Waals surface area contributed by atoms with Crippen LogP contribution in [0.25, 0.3) is 0 Å². The fourth-order valence-corrected chi connectivity index (χ4v) is 1.29. The fourth-order valence-electron chi connectivity index (χ4n) is 1.11. The second-order valence-electron chi connectivity index (χ2n) is 4.01. The number of thiocarbonyl (C=S) groups is 1. The van der Waals surface area contributed by atoms with Crippen LogP contribution in [0.1, 0.15) is 13.8 Å². The molecule has 0 unspecified atom stereocenters. The standard InChI is InChI=1S/C11H18N4O2S/c1-7(2)6-12-11(18)15-10-13-8(16-3)5-9(14-10)17-4/h5,7H,6H2,1-4H3,(H2,12,13,14,15,18). The number of hydrogen-bond donors (Lipinski definition) is 2. The third-order valence-electron chi connectivity index (χ3n) is 1.99. The normalized spacial score (nSPS) is 10.1. The molecule has 0 amide bonds. The van der Waals surface area contributed by atoms with Crippen molar-refractivity contribution in [3.63, 3.8) is 0 Å². The minimum absolute atomic E-state index is 0.340. The van der Waals surface area contributed by atoms with Crippen LogP contribution in [0.3, 0.4) is 0 Å². The molecule has 1 heterocycles. The lowest BCUT2D eigenvalue weighted by Crippen LogP contribution is -2.32. The molecule has 2 N–H and O–H groups in total. The Kier molecular flexibility index (Phi) is 5.57. The van der Waals surface area contributed by atoms with Crippen LogP contribution < -0.4 is 20.1 Å². The first-order chi connectivity index (χ1) is 8.55. The fraction of sp³-hybridized carbons (Fsp3) is 0.545. The molecule has 0 aromatic carbocycles. The molecule has 18 heavy (non-hydrogen) atoms. The monoisotopic (exact) mass is 270 g/mol. The van der Waals surface area contributed by atoms with Gasteiger partial charge in [-0.05, 0) is 18.1 Å². The Balaban J connectivity index is 2.68. The van der Waals surface area contributed by atoms with Gasteiger partial charge in [0, 0.05) is 6.54 Å². The lowest BCUT2D eigenvalue weighted by molar-refractivity contribution is 0.373. The molecule has 0 fully saturated rings. The lowest BCUT2D eigenvalue weighted by atomic mass is 10.2. The van der Waals surface area contributed by atoms with Crippen molar-refractivity contribution in [2.45, 2.75) is 13.8 Å². The van der Waals surface area contributed by atoms with Crippen LogP contribution in [0.4, 0.5) is 5.95 Å². The van der Waals surface area contributed by atoms with E-state index < -0.39 is 0 Å². The van der Waals surface area contributed by atoms with Crippen molar-refractivity contribution in [3.8, 4) is 11.8 Å². The van der Waals surface area contributed by atoms with Gasteiger partial charge in [0.1, 0.15) is 0 Å². The highest BCUT2D eigenvalue weighted by Gasteiger charge is 2.07. The van der Waals surface area contributed by atoms with Crippen LogP contribution >= 0.6 is 12.2 Å². The zero-order chi connectivity index (χ0) is 13.5. The van der Waals surface area contributed by atoms with Gasteiger partial charge in [0.15, 0.2) is 5.11 Å². The van der Waals surface area contributed by atoms with Crippen LogP contribution in [0, 0.1) is 5.92 Å². The number of nitrogens with one attached hydrogen (secondary N) is 2. The molecule has 0 atom stereocenters. The Bertz CT molecular complexity index is 390. The molecule has 6 nitrogen and oxygen atoms in total. The summed E-state index contributed by atoms with van der Waals surface area (Å²) in [7, 11) is 3.06. The number of hydrogen-bond acceptors (Lipinski definition) is 5. The average Bonchev–Trinajstić information content (AvgIpc) is 2.35. The van der Waals surface area contributed by atoms with Crippen molar-refractivity contribution in [1.29, 1.82) is 0 Å². The number of methoxy groups -OCH3 is 2. The number of nitrogens with zero attached hydrogens (tertiary/aromatic N) is 2. The summed E-state index contributed by atoms with van der Waals surface area (Å²) in [6.07, 6.45) is 0. The number of rotatable bonds is 5. The Morgan fingerprint density at radius 3 is 2.28 bits per heavy atom. The minimum Gasteiger partial charge on any atom is -0.481 e. The van der Waals surface area contributed by atoms with Gasteiger partial charge in [-0.15, -0.1) is 0 Å². The first-order valence-corrected chi connectivity index (χ1v) is 5.98. The molecular weight excluding hydrogens is 252 g/mol. The molecule has 0 aliphatic heterocycles. The molecule has 1 rings (SSSR count). The van der Waals surface area contributed by atoms with E-state index in [0.29, 0.717) is 28.7 Å². The van der Waals surface area contributed by atoms with Crippen LogP contribution in [0.5, 0.6) is 11.8 Å². The first-order valence-electron chi connectivity index (χ1n) is 5.57. The summed E-state index contributed by atoms with van der Waals surface area (Å²) in [4.78, 5) is 8.23. The summed E-state index contributed by atoms with van der Waals surface area (Å²) in [5.41, 5.74) is 0. The number of anilines is 1. The van der Waals surface area contributed by atoms with E-state index in [4.69, 9.17) is 21.7 Å². The molecule has 0 saturated heterocycles. The zero-order valence-corrected chi connectivity index (χ0v) is 11.8. The molecule has 0 aliphatic carbocycles. The van der Waals surface area contributed by atoms with Crippen molar-refractivity contribution in [2.75, 3.05) is 26.1 Å². The van der Waals surface area contributed by atoms with E-state index in [9.17, 15) is 0 Å². The van der Waals surface area contributed by atoms with E-state index >= 15 is 0 Å². The van der Waals surface area contributed by atoms with E-state index in [1.165, 1.54) is 14.2 Å². The Hall–Kier alpha value is -1.63. The van der Waals surface area contributed by atoms with Gasteiger partial charge in [-0.2, -0.15) is 9.97 Å². The Morgan fingerprint density at radius 2 is 1.83 bits per heavy atom. The summed E-state index contributed by atoms with van der Waals surface area (Å²) in [5.74, 6) is 1.67. The molecule has 1 aromatic rings. The SMILES string of the molecule is COc1cc(OC)nc(NC(=S)NCC(C)C)n1. The Morgan fingerprint density at radius 1 is 1.28 bits per heavy atom. The number of ether oxygens (including phenoxy) is 2. The third kappa shape index (κ3) is 4.70. The van der Waals surface area contributed by atoms with Crippen molar-refractivity contribution < 1.29 is 9.47 Å². The summed E-state index contributed by atoms with van der Waals surface area (Å²) >= 11 is 5.13. The van der Waals surface area contributed by atoms with Gasteiger partial charge in [-0.3, -0.25) is 0 Å². The van der Waals surface area contributed by atoms with E-state index in [0.717, 1.165) is 6.54 Å². The van der Waals surface area contributed by atoms with E-state index in [1.807, 2.05) is 0 Å². The molecule has 0 saturated carbocycles. The topological polar surface area (TPSA) is 68.3 Å². The van der Waals surface area contributed by atoms with Gasteiger partial charge in [0.25, 0.3) is 0 Å². The highest BCUT2D eigenvalue weighted by atomic mass is 32.1. The van der Waals surface area contributed by atoms with Gasteiger partial charge in [0.05, 0.1) is 20.3 Å². The largest absolute Gasteiger partial charge is 0.481 e. The van der Waals surface area contributed by atoms with Gasteiger partial charge in [-0.1, -0.05) is 13.8 Å². The summed E-state index contributed by atoms with van der Waals surface area (Å²) in [5, 5.41) is 6.42. The van der Waals surface area contributed by atoms with Crippen LogP contribution in [0.15, 0.2) is 6.07 Å². The predicted octanol–water partition coefficient (Wildman–Crippen LogP) is 1.44. The maximum atomic E-state index is 5.13. The van der Waals surface area contributed by atoms with Crippen LogP contribution in [-0.2, 0) is 0 Å². The molecule has 1 aromatic heterocycles. The van der Waals surface area contributed by atoms with Crippen LogP contribution in [-0.4, -0.2) is 35.8 Å². The summed E-state index contributed by atoms with van der Waals surface area (Å²) in [6.45, 7) is 4.98. The minimum atomic E-state index is 0.340. The van der Waals surface area contributed by atoms with Gasteiger partial charge >= 0.3 is 0 Å². The van der Waals surface area contributed by atoms with E-state index in [-0.39, 0.29) is 0 Å². The second kappa shape index (κ2) is 6.95. The highest BCUT2D eigenvalue weighted by molar-refractivity contribution is 7.80. The average molecular weight is 270 g/mol. The third-order valence-corrected chi connectivity index (χ3v) is 2.24. The molecule has 0 bridgehead atoms. The van der Waals surface area contributed by atoms with Gasteiger partial charge < -0.3 is 20.1 Å². The number of aromatic nitrogens is 2. The van der Waals surface area contributed by atoms with Crippen molar-refractivity contribution in [1.82, 2.24) is 15.3 Å². The summed E-state index contributed by atoms with van der Waals surface area (Å²) in [6, 6.07) is 1.59. The molecule has 0 spiro atoms. The highest BCUT2D eigenvalue weighted by Crippen LogP contribution is 2.17.